The lowest BCUT2D eigenvalue weighted by molar-refractivity contribution is -0.137. The molecule has 4 unspecified atom stereocenters. The van der Waals surface area contributed by atoms with Crippen LogP contribution in [0.2, 0.25) is 0 Å². The third-order valence-electron chi connectivity index (χ3n) is 13.0. The van der Waals surface area contributed by atoms with Crippen molar-refractivity contribution in [2.45, 2.75) is 188 Å². The third kappa shape index (κ3) is 34.5. The fraction of sp³-hybridized carbons (Fsp3) is 0.863. The van der Waals surface area contributed by atoms with Crippen LogP contribution in [0, 0.1) is 29.6 Å². The van der Waals surface area contributed by atoms with Crippen molar-refractivity contribution in [3.05, 3.63) is 12.2 Å². The maximum Gasteiger partial charge on any atom is 0.253 e. The Kier molecular flexibility index (Phi) is 37.3. The summed E-state index contributed by atoms with van der Waals surface area (Å²) in [6.45, 7) is 16.8. The van der Waals surface area contributed by atoms with Crippen LogP contribution in [-0.4, -0.2) is 99.9 Å². The fourth-order valence-electron chi connectivity index (χ4n) is 8.48. The Hall–Kier alpha value is -2.87. The Morgan fingerprint density at radius 2 is 0.844 bits per heavy atom. The quantitative estimate of drug-likeness (QED) is 0.0243. The Balaban J connectivity index is 1.98. The van der Waals surface area contributed by atoms with E-state index in [0.717, 1.165) is 114 Å². The van der Waals surface area contributed by atoms with Crippen molar-refractivity contribution in [3.8, 4) is 0 Å². The van der Waals surface area contributed by atoms with Crippen LogP contribution in [0.15, 0.2) is 12.2 Å². The Labute approximate surface area is 390 Å². The van der Waals surface area contributed by atoms with Crippen LogP contribution in [0.5, 0.6) is 0 Å². The average molecular weight is 903 g/mol. The van der Waals surface area contributed by atoms with Crippen LogP contribution in [0.4, 0.5) is 0 Å². The zero-order valence-corrected chi connectivity index (χ0v) is 41.4. The second kappa shape index (κ2) is 40.4. The van der Waals surface area contributed by atoms with Gasteiger partial charge in [0.15, 0.2) is 0 Å². The van der Waals surface area contributed by atoms with Crippen LogP contribution >= 0.6 is 0 Å². The number of hydrogen-bond donors (Lipinski definition) is 7. The number of carbonyl (C=O) groups is 5. The van der Waals surface area contributed by atoms with Gasteiger partial charge in [-0.3, -0.25) is 28.9 Å². The first-order valence-corrected chi connectivity index (χ1v) is 26.1. The maximum atomic E-state index is 12.5. The second-order valence-electron chi connectivity index (χ2n) is 19.4. The van der Waals surface area contributed by atoms with Crippen molar-refractivity contribution in [3.63, 3.8) is 0 Å². The van der Waals surface area contributed by atoms with E-state index in [0.29, 0.717) is 50.1 Å². The van der Waals surface area contributed by atoms with Crippen molar-refractivity contribution >= 4 is 29.5 Å². The minimum Gasteiger partial charge on any atom is -0.356 e. The molecule has 372 valence electrons. The molecule has 1 aliphatic heterocycles. The lowest BCUT2D eigenvalue weighted by atomic mass is 9.90. The predicted octanol–water partition coefficient (Wildman–Crippen LogP) is 7.27. The van der Waals surface area contributed by atoms with Crippen molar-refractivity contribution < 1.29 is 24.0 Å². The van der Waals surface area contributed by atoms with E-state index in [1.807, 2.05) is 0 Å². The monoisotopic (exact) mass is 903 g/mol. The summed E-state index contributed by atoms with van der Waals surface area (Å²) in [5.74, 6) is 2.65. The number of amides is 5. The molecule has 1 aliphatic rings. The molecule has 5 amide bonds. The molecule has 4 atom stereocenters. The highest BCUT2D eigenvalue weighted by Gasteiger charge is 2.22. The molecule has 0 saturated heterocycles. The largest absolute Gasteiger partial charge is 0.356 e. The molecule has 1 heterocycles. The van der Waals surface area contributed by atoms with Crippen LogP contribution in [-0.2, 0) is 24.0 Å². The van der Waals surface area contributed by atoms with Gasteiger partial charge in [0.2, 0.25) is 17.7 Å². The number of rotatable bonds is 45. The van der Waals surface area contributed by atoms with Crippen LogP contribution < -0.4 is 38.1 Å². The fourth-order valence-corrected chi connectivity index (χ4v) is 8.48. The van der Waals surface area contributed by atoms with Crippen molar-refractivity contribution in [1.82, 2.24) is 31.5 Å². The first-order chi connectivity index (χ1) is 30.9. The molecule has 0 aromatic rings. The summed E-state index contributed by atoms with van der Waals surface area (Å²) >= 11 is 0. The summed E-state index contributed by atoms with van der Waals surface area (Å²) < 4.78 is 0. The molecule has 0 aromatic heterocycles. The molecule has 0 aromatic carbocycles. The predicted molar refractivity (Wildman–Crippen MR) is 264 cm³/mol. The number of nitrogens with zero attached hydrogens (tertiary/aromatic N) is 1. The van der Waals surface area contributed by atoms with Gasteiger partial charge in [-0.25, -0.2) is 0 Å². The first kappa shape index (κ1) is 59.1. The van der Waals surface area contributed by atoms with Crippen molar-refractivity contribution in [2.75, 3.05) is 65.4 Å². The highest BCUT2D eigenvalue weighted by molar-refractivity contribution is 6.12. The maximum absolute atomic E-state index is 12.5. The summed E-state index contributed by atoms with van der Waals surface area (Å²) in [7, 11) is 0. The van der Waals surface area contributed by atoms with Crippen LogP contribution in [0.3, 0.4) is 0 Å². The van der Waals surface area contributed by atoms with Gasteiger partial charge in [-0.05, 0) is 127 Å². The number of hydrogen-bond acceptors (Lipinski definition) is 9. The van der Waals surface area contributed by atoms with E-state index >= 15 is 0 Å². The van der Waals surface area contributed by atoms with Gasteiger partial charge in [-0.1, -0.05) is 111 Å². The Morgan fingerprint density at radius 3 is 1.33 bits per heavy atom. The molecule has 1 rings (SSSR count). The van der Waals surface area contributed by atoms with Gasteiger partial charge < -0.3 is 38.1 Å². The number of nitrogens with two attached hydrogens (primary N) is 2. The Bertz CT molecular complexity index is 1220. The summed E-state index contributed by atoms with van der Waals surface area (Å²) in [5.41, 5.74) is 11.3. The van der Waals surface area contributed by atoms with E-state index in [1.165, 1.54) is 95.6 Å². The zero-order valence-electron chi connectivity index (χ0n) is 41.4. The number of unbranched alkanes of at least 4 members (excludes halogenated alkanes) is 6. The molecular formula is C51H98N8O5. The number of carbonyl (C=O) groups excluding carboxylic acids is 5. The summed E-state index contributed by atoms with van der Waals surface area (Å²) in [6, 6.07) is 0. The SMILES string of the molecule is CC(CCCCC(C)CCCC(C)CCC(=O)NCCNC(=O)CCCN1C(=O)C=CC1=O)CCCC(C)CCC(=O)NCCCCCCC(CNCCCCN)CNCCCCN. The summed E-state index contributed by atoms with van der Waals surface area (Å²) in [5, 5.41) is 16.1. The van der Waals surface area contributed by atoms with Crippen molar-refractivity contribution in [1.29, 1.82) is 0 Å². The van der Waals surface area contributed by atoms with E-state index in [4.69, 9.17) is 11.5 Å². The highest BCUT2D eigenvalue weighted by atomic mass is 16.2. The third-order valence-corrected chi connectivity index (χ3v) is 13.0. The Morgan fingerprint density at radius 1 is 0.453 bits per heavy atom. The first-order valence-electron chi connectivity index (χ1n) is 26.1. The van der Waals surface area contributed by atoms with E-state index in [9.17, 15) is 24.0 Å². The van der Waals surface area contributed by atoms with E-state index in [-0.39, 0.29) is 42.5 Å². The molecule has 0 spiro atoms. The second-order valence-corrected chi connectivity index (χ2v) is 19.4. The average Bonchev–Trinajstić information content (AvgIpc) is 3.59. The molecule has 13 heteroatoms. The molecule has 0 fully saturated rings. The minimum atomic E-state index is -0.335. The smallest absolute Gasteiger partial charge is 0.253 e. The summed E-state index contributed by atoms with van der Waals surface area (Å²) in [4.78, 5) is 61.1. The van der Waals surface area contributed by atoms with Gasteiger partial charge >= 0.3 is 0 Å². The molecule has 0 radical (unpaired) electrons. The molecule has 13 nitrogen and oxygen atoms in total. The highest BCUT2D eigenvalue weighted by Crippen LogP contribution is 2.23. The van der Waals surface area contributed by atoms with Gasteiger partial charge in [0.1, 0.15) is 0 Å². The molecule has 0 aliphatic carbocycles. The summed E-state index contributed by atoms with van der Waals surface area (Å²) in [6.07, 6.45) is 29.0. The van der Waals surface area contributed by atoms with Gasteiger partial charge in [-0.15, -0.1) is 0 Å². The zero-order chi connectivity index (χ0) is 47.0. The van der Waals surface area contributed by atoms with Crippen LogP contribution in [0.25, 0.3) is 0 Å². The molecule has 0 saturated carbocycles. The van der Waals surface area contributed by atoms with Gasteiger partial charge in [0.05, 0.1) is 0 Å². The molecule has 0 bridgehead atoms. The van der Waals surface area contributed by atoms with Crippen molar-refractivity contribution in [2.24, 2.45) is 41.1 Å². The van der Waals surface area contributed by atoms with Gasteiger partial charge in [0.25, 0.3) is 11.8 Å². The molecular weight excluding hydrogens is 805 g/mol. The lowest BCUT2D eigenvalue weighted by Gasteiger charge is -2.18. The number of nitrogens with one attached hydrogen (secondary N) is 5. The minimum absolute atomic E-state index is 0.0153. The van der Waals surface area contributed by atoms with E-state index in [2.05, 4.69) is 54.3 Å². The number of imide groups is 1. The standard InChI is InChI=1S/C51H98N8O5/c1-42(20-15-22-44(3)26-28-48(61)56-36-12-6-5-7-24-46(40-54-34-13-10-32-52)41-55-35-14-11-33-53)18-8-9-19-43(2)21-16-23-45(4)27-29-49(62)58-38-37-57-47(60)25-17-39-59-50(63)30-31-51(59)64/h30-31,42-46,54-55H,5-29,32-41,52-53H2,1-4H3,(H,56,61)(H,57,60)(H,58,62). The molecule has 64 heavy (non-hydrogen) atoms. The van der Waals surface area contributed by atoms with Gasteiger partial charge in [0, 0.05) is 57.6 Å². The lowest BCUT2D eigenvalue weighted by Crippen LogP contribution is -2.35. The molecule has 9 N–H and O–H groups in total. The van der Waals surface area contributed by atoms with E-state index < -0.39 is 0 Å². The normalized spacial score (nSPS) is 14.6. The van der Waals surface area contributed by atoms with Gasteiger partial charge in [-0.2, -0.15) is 0 Å². The van der Waals surface area contributed by atoms with Crippen LogP contribution in [0.1, 0.15) is 188 Å². The van der Waals surface area contributed by atoms with E-state index in [1.54, 1.807) is 0 Å². The topological polar surface area (TPSA) is 201 Å².